The van der Waals surface area contributed by atoms with E-state index in [0.29, 0.717) is 59.3 Å². The second-order valence-corrected chi connectivity index (χ2v) is 12.1. The Balaban J connectivity index is 1.48. The number of morpholine rings is 1. The quantitative estimate of drug-likeness (QED) is 0.221. The van der Waals surface area contributed by atoms with E-state index in [1.54, 1.807) is 18.3 Å². The van der Waals surface area contributed by atoms with Crippen LogP contribution in [0.4, 0.5) is 5.95 Å². The van der Waals surface area contributed by atoms with E-state index < -0.39 is 5.76 Å². The van der Waals surface area contributed by atoms with E-state index in [0.717, 1.165) is 18.4 Å². The molecule has 4 unspecified atom stereocenters. The van der Waals surface area contributed by atoms with Crippen LogP contribution in [-0.4, -0.2) is 61.0 Å². The number of pyridine rings is 1. The maximum atomic E-state index is 11.9. The van der Waals surface area contributed by atoms with Gasteiger partial charge in [-0.05, 0) is 36.3 Å². The maximum absolute atomic E-state index is 11.9. The molecule has 5 aromatic rings. The van der Waals surface area contributed by atoms with Crippen molar-refractivity contribution in [2.45, 2.75) is 44.7 Å². The first-order chi connectivity index (χ1) is 21.9. The van der Waals surface area contributed by atoms with Gasteiger partial charge in [0.15, 0.2) is 5.65 Å². The smallest absolute Gasteiger partial charge is 0.439 e. The lowest BCUT2D eigenvalue weighted by molar-refractivity contribution is 0.0373. The van der Waals surface area contributed by atoms with Crippen molar-refractivity contribution in [2.75, 3.05) is 25.2 Å². The number of H-pyrrole nitrogens is 1. The predicted octanol–water partition coefficient (Wildman–Crippen LogP) is 5.77. The van der Waals surface area contributed by atoms with Gasteiger partial charge in [-0.3, -0.25) is 14.1 Å². The molecule has 1 aromatic carbocycles. The number of imidazole rings is 1. The summed E-state index contributed by atoms with van der Waals surface area (Å²) in [7, 11) is 1.52. The summed E-state index contributed by atoms with van der Waals surface area (Å²) in [5.41, 5.74) is 3.21. The SMILES string of the molecule is C=Cn1c(N2C(c3ccccc3)COCC2C2CCCC(C)C2)nc2nc(-c3noc(=O)[nH]3)nc(-c3cc(Cl)nc(OC)c3)c21. The summed E-state index contributed by atoms with van der Waals surface area (Å²) in [6.45, 7) is 7.62. The molecule has 13 heteroatoms. The molecule has 1 N–H and O–H groups in total. The second kappa shape index (κ2) is 12.1. The van der Waals surface area contributed by atoms with Crippen LogP contribution >= 0.6 is 11.6 Å². The van der Waals surface area contributed by atoms with E-state index in [1.807, 2.05) is 22.8 Å². The molecule has 0 radical (unpaired) electrons. The molecule has 4 atom stereocenters. The number of halogens is 1. The van der Waals surface area contributed by atoms with Crippen LogP contribution in [0.5, 0.6) is 5.88 Å². The van der Waals surface area contributed by atoms with Crippen LogP contribution in [0.25, 0.3) is 40.3 Å². The number of ether oxygens (including phenoxy) is 2. The van der Waals surface area contributed by atoms with Gasteiger partial charge in [0.2, 0.25) is 23.5 Å². The molecule has 7 rings (SSSR count). The minimum atomic E-state index is -0.718. The number of aromatic amines is 1. The number of fused-ring (bicyclic) bond motifs is 1. The van der Waals surface area contributed by atoms with Crippen molar-refractivity contribution in [3.8, 4) is 28.8 Å². The summed E-state index contributed by atoms with van der Waals surface area (Å²) in [6, 6.07) is 13.8. The Morgan fingerprint density at radius 1 is 1.11 bits per heavy atom. The topological polar surface area (TPSA) is 137 Å². The van der Waals surface area contributed by atoms with Crippen molar-refractivity contribution in [3.05, 3.63) is 70.3 Å². The zero-order valence-corrected chi connectivity index (χ0v) is 25.8. The standard InChI is InChI=1S/C32H33ClN8O4/c1-4-40-27-26(21-14-24(33)34-25(15-21)43-3)35-29(30-38-32(42)45-39-30)36-28(27)37-31(40)41-22(19-10-6-5-7-11-19)16-44-17-23(41)20-12-8-9-18(2)13-20/h4-7,10-11,14-15,18,20,22-23H,1,8-9,12-13,16-17H2,2-3H3,(H,38,39,42). The lowest BCUT2D eigenvalue weighted by Gasteiger charge is -2.47. The van der Waals surface area contributed by atoms with Gasteiger partial charge in [-0.1, -0.05) is 73.4 Å². The van der Waals surface area contributed by atoms with Crippen LogP contribution in [0.2, 0.25) is 5.15 Å². The summed E-state index contributed by atoms with van der Waals surface area (Å²) < 4.78 is 18.5. The predicted molar refractivity (Wildman–Crippen MR) is 170 cm³/mol. The highest BCUT2D eigenvalue weighted by atomic mass is 35.5. The number of methoxy groups -OCH3 is 1. The molecule has 1 aliphatic heterocycles. The van der Waals surface area contributed by atoms with Crippen molar-refractivity contribution >= 4 is 34.9 Å². The van der Waals surface area contributed by atoms with Gasteiger partial charge in [-0.25, -0.2) is 19.7 Å². The fourth-order valence-corrected chi connectivity index (χ4v) is 7.00. The van der Waals surface area contributed by atoms with Gasteiger partial charge in [-0.2, -0.15) is 4.98 Å². The Labute approximate surface area is 264 Å². The van der Waals surface area contributed by atoms with Crippen LogP contribution in [0.3, 0.4) is 0 Å². The van der Waals surface area contributed by atoms with Gasteiger partial charge in [0.05, 0.1) is 32.4 Å². The Bertz CT molecular complexity index is 1900. The van der Waals surface area contributed by atoms with Gasteiger partial charge < -0.3 is 14.4 Å². The van der Waals surface area contributed by atoms with Gasteiger partial charge in [0, 0.05) is 17.8 Å². The fraction of sp³-hybridized carbons (Fsp3) is 0.375. The molecule has 5 heterocycles. The number of aromatic nitrogens is 7. The Morgan fingerprint density at radius 3 is 2.69 bits per heavy atom. The zero-order valence-electron chi connectivity index (χ0n) is 25.0. The molecular weight excluding hydrogens is 596 g/mol. The third-order valence-electron chi connectivity index (χ3n) is 8.81. The van der Waals surface area contributed by atoms with Crippen molar-refractivity contribution in [1.82, 2.24) is 34.6 Å². The van der Waals surface area contributed by atoms with Crippen LogP contribution in [-0.2, 0) is 4.74 Å². The minimum Gasteiger partial charge on any atom is -0.481 e. The van der Waals surface area contributed by atoms with Gasteiger partial charge in [0.1, 0.15) is 16.4 Å². The largest absolute Gasteiger partial charge is 0.481 e. The van der Waals surface area contributed by atoms with Crippen molar-refractivity contribution in [2.24, 2.45) is 11.8 Å². The van der Waals surface area contributed by atoms with Crippen molar-refractivity contribution in [1.29, 1.82) is 0 Å². The van der Waals surface area contributed by atoms with E-state index in [-0.39, 0.29) is 28.9 Å². The van der Waals surface area contributed by atoms with Crippen molar-refractivity contribution in [3.63, 3.8) is 0 Å². The molecule has 1 saturated carbocycles. The molecule has 4 aromatic heterocycles. The van der Waals surface area contributed by atoms with Crippen molar-refractivity contribution < 1.29 is 14.0 Å². The molecule has 1 aliphatic carbocycles. The molecule has 12 nitrogen and oxygen atoms in total. The average Bonchev–Trinajstić information content (AvgIpc) is 3.67. The molecule has 0 amide bonds. The van der Waals surface area contributed by atoms with Crippen LogP contribution < -0.4 is 15.4 Å². The molecule has 2 aliphatic rings. The molecule has 45 heavy (non-hydrogen) atoms. The minimum absolute atomic E-state index is 0.0699. The summed E-state index contributed by atoms with van der Waals surface area (Å²) in [5, 5.41) is 4.06. The van der Waals surface area contributed by atoms with Crippen LogP contribution in [0.1, 0.15) is 44.2 Å². The van der Waals surface area contributed by atoms with E-state index in [9.17, 15) is 4.79 Å². The molecular formula is C32H33ClN8O4. The Hall–Kier alpha value is -4.55. The third kappa shape index (κ3) is 5.48. The highest BCUT2D eigenvalue weighted by Crippen LogP contribution is 2.42. The van der Waals surface area contributed by atoms with Gasteiger partial charge in [0.25, 0.3) is 0 Å². The normalized spacial score (nSPS) is 22.1. The van der Waals surface area contributed by atoms with Gasteiger partial charge >= 0.3 is 5.76 Å². The molecule has 1 saturated heterocycles. The fourth-order valence-electron chi connectivity index (χ4n) is 6.80. The number of hydrogen-bond acceptors (Lipinski definition) is 10. The highest BCUT2D eigenvalue weighted by Gasteiger charge is 2.41. The number of hydrogen-bond donors (Lipinski definition) is 1. The lowest BCUT2D eigenvalue weighted by Crippen LogP contribution is -2.53. The van der Waals surface area contributed by atoms with E-state index in [2.05, 4.69) is 45.7 Å². The first-order valence-corrected chi connectivity index (χ1v) is 15.4. The Morgan fingerprint density at radius 2 is 1.96 bits per heavy atom. The second-order valence-electron chi connectivity index (χ2n) is 11.7. The van der Waals surface area contributed by atoms with E-state index in [1.165, 1.54) is 20.0 Å². The lowest BCUT2D eigenvalue weighted by atomic mass is 9.77. The van der Waals surface area contributed by atoms with E-state index >= 15 is 0 Å². The molecule has 0 bridgehead atoms. The molecule has 232 valence electrons. The summed E-state index contributed by atoms with van der Waals surface area (Å²) in [6.07, 6.45) is 6.39. The molecule has 0 spiro atoms. The first kappa shape index (κ1) is 29.2. The van der Waals surface area contributed by atoms with Gasteiger partial charge in [-0.15, -0.1) is 0 Å². The number of nitrogens with one attached hydrogen (secondary N) is 1. The van der Waals surface area contributed by atoms with E-state index in [4.69, 9.17) is 40.5 Å². The monoisotopic (exact) mass is 628 g/mol. The zero-order chi connectivity index (χ0) is 31.1. The highest BCUT2D eigenvalue weighted by molar-refractivity contribution is 6.29. The van der Waals surface area contributed by atoms with Crippen LogP contribution in [0, 0.1) is 11.8 Å². The maximum Gasteiger partial charge on any atom is 0.439 e. The number of rotatable bonds is 7. The summed E-state index contributed by atoms with van der Waals surface area (Å²) in [5.74, 6) is 1.54. The Kier molecular flexibility index (Phi) is 7.84. The number of nitrogens with zero attached hydrogens (tertiary/aromatic N) is 7. The first-order valence-electron chi connectivity index (χ1n) is 15.0. The third-order valence-corrected chi connectivity index (χ3v) is 9.00. The number of anilines is 1. The summed E-state index contributed by atoms with van der Waals surface area (Å²) >= 11 is 6.42. The summed E-state index contributed by atoms with van der Waals surface area (Å²) in [4.78, 5) is 35.8. The average molecular weight is 629 g/mol. The van der Waals surface area contributed by atoms with Crippen LogP contribution in [0.15, 0.2) is 58.4 Å². The molecule has 2 fully saturated rings. The number of benzene rings is 1.